The molecular formula is C19H17N3O4S. The van der Waals surface area contributed by atoms with Crippen LogP contribution in [0.1, 0.15) is 26.3 Å². The van der Waals surface area contributed by atoms with Gasteiger partial charge >= 0.3 is 0 Å². The molecule has 0 aromatic heterocycles. The second-order valence-corrected chi connectivity index (χ2v) is 7.83. The van der Waals surface area contributed by atoms with Gasteiger partial charge in [0, 0.05) is 11.1 Å². The van der Waals surface area contributed by atoms with Gasteiger partial charge in [-0.3, -0.25) is 14.3 Å². The van der Waals surface area contributed by atoms with Crippen molar-refractivity contribution in [2.24, 2.45) is 11.5 Å². The number of benzene rings is 3. The Kier molecular flexibility index (Phi) is 4.59. The van der Waals surface area contributed by atoms with Gasteiger partial charge in [0.1, 0.15) is 0 Å². The number of sulfonamides is 1. The summed E-state index contributed by atoms with van der Waals surface area (Å²) >= 11 is 0. The summed E-state index contributed by atoms with van der Waals surface area (Å²) < 4.78 is 27.8. The molecule has 0 saturated carbocycles. The number of aryl methyl sites for hydroxylation is 1. The lowest BCUT2D eigenvalue weighted by Gasteiger charge is -2.11. The number of carbonyl (C=O) groups excluding carboxylic acids is 2. The van der Waals surface area contributed by atoms with E-state index in [1.165, 1.54) is 24.3 Å². The lowest BCUT2D eigenvalue weighted by atomic mass is 10.1. The molecule has 7 nitrogen and oxygen atoms in total. The van der Waals surface area contributed by atoms with Gasteiger partial charge in [0.2, 0.25) is 11.8 Å². The standard InChI is InChI=1S/C19H17N3O4S/c1-11-2-3-13-10-17(5-4-12(13)6-11)27(25,26)22-16-8-14(18(20)23)7-15(9-16)19(21)24/h2-10,22H,1H3,(H2,20,23)(H2,21,24). The monoisotopic (exact) mass is 383 g/mol. The summed E-state index contributed by atoms with van der Waals surface area (Å²) in [4.78, 5) is 22.9. The Hall–Kier alpha value is -3.39. The summed E-state index contributed by atoms with van der Waals surface area (Å²) in [7, 11) is -3.95. The van der Waals surface area contributed by atoms with Crippen LogP contribution in [-0.2, 0) is 10.0 Å². The van der Waals surface area contributed by atoms with Crippen LogP contribution in [0, 0.1) is 6.92 Å². The molecule has 0 aliphatic rings. The smallest absolute Gasteiger partial charge is 0.261 e. The summed E-state index contributed by atoms with van der Waals surface area (Å²) in [6, 6.07) is 14.1. The van der Waals surface area contributed by atoms with E-state index in [1.54, 1.807) is 12.1 Å². The Morgan fingerprint density at radius 3 is 1.96 bits per heavy atom. The van der Waals surface area contributed by atoms with Crippen LogP contribution in [0.25, 0.3) is 10.8 Å². The number of amides is 2. The van der Waals surface area contributed by atoms with Crippen LogP contribution in [0.3, 0.4) is 0 Å². The Labute approximate surface area is 156 Å². The van der Waals surface area contributed by atoms with Crippen molar-refractivity contribution in [3.63, 3.8) is 0 Å². The van der Waals surface area contributed by atoms with Crippen LogP contribution in [0.2, 0.25) is 0 Å². The Morgan fingerprint density at radius 1 is 0.815 bits per heavy atom. The van der Waals surface area contributed by atoms with E-state index in [0.717, 1.165) is 16.3 Å². The zero-order chi connectivity index (χ0) is 19.8. The molecule has 3 aromatic carbocycles. The number of hydrogen-bond donors (Lipinski definition) is 3. The van der Waals surface area contributed by atoms with Gasteiger partial charge in [-0.2, -0.15) is 0 Å². The zero-order valence-electron chi connectivity index (χ0n) is 14.4. The average Bonchev–Trinajstić information content (AvgIpc) is 2.60. The zero-order valence-corrected chi connectivity index (χ0v) is 15.2. The van der Waals surface area contributed by atoms with Crippen molar-refractivity contribution in [3.05, 3.63) is 71.3 Å². The molecule has 5 N–H and O–H groups in total. The molecule has 27 heavy (non-hydrogen) atoms. The van der Waals surface area contributed by atoms with Crippen molar-refractivity contribution in [2.45, 2.75) is 11.8 Å². The van der Waals surface area contributed by atoms with Gasteiger partial charge in [-0.15, -0.1) is 0 Å². The van der Waals surface area contributed by atoms with Gasteiger partial charge in [0.05, 0.1) is 10.6 Å². The second kappa shape index (κ2) is 6.73. The molecule has 0 aliphatic heterocycles. The van der Waals surface area contributed by atoms with Crippen molar-refractivity contribution in [1.29, 1.82) is 0 Å². The minimum Gasteiger partial charge on any atom is -0.366 e. The van der Waals surface area contributed by atoms with Crippen LogP contribution >= 0.6 is 0 Å². The number of rotatable bonds is 5. The molecule has 3 rings (SSSR count). The highest BCUT2D eigenvalue weighted by atomic mass is 32.2. The fourth-order valence-corrected chi connectivity index (χ4v) is 3.77. The molecule has 0 bridgehead atoms. The predicted octanol–water partition coefficient (Wildman–Crippen LogP) is 2.15. The third-order valence-electron chi connectivity index (χ3n) is 4.03. The van der Waals surface area contributed by atoms with Crippen LogP contribution in [0.15, 0.2) is 59.5 Å². The minimum absolute atomic E-state index is 0.0177. The first-order valence-electron chi connectivity index (χ1n) is 7.94. The molecule has 0 spiro atoms. The third-order valence-corrected chi connectivity index (χ3v) is 5.41. The number of hydrogen-bond acceptors (Lipinski definition) is 4. The minimum atomic E-state index is -3.95. The number of carbonyl (C=O) groups is 2. The van der Waals surface area contributed by atoms with Crippen LogP contribution < -0.4 is 16.2 Å². The first kappa shape index (κ1) is 18.4. The van der Waals surface area contributed by atoms with Crippen LogP contribution in [-0.4, -0.2) is 20.2 Å². The second-order valence-electron chi connectivity index (χ2n) is 6.15. The lowest BCUT2D eigenvalue weighted by Crippen LogP contribution is -2.18. The van der Waals surface area contributed by atoms with E-state index >= 15 is 0 Å². The quantitative estimate of drug-likeness (QED) is 0.622. The van der Waals surface area contributed by atoms with Gasteiger partial charge in [0.25, 0.3) is 10.0 Å². The molecule has 0 unspecified atom stereocenters. The van der Waals surface area contributed by atoms with E-state index in [-0.39, 0.29) is 21.7 Å². The van der Waals surface area contributed by atoms with Crippen LogP contribution in [0.4, 0.5) is 5.69 Å². The van der Waals surface area contributed by atoms with Gasteiger partial charge in [0.15, 0.2) is 0 Å². The number of primary amides is 2. The van der Waals surface area contributed by atoms with Gasteiger partial charge in [-0.1, -0.05) is 29.8 Å². The lowest BCUT2D eigenvalue weighted by molar-refractivity contribution is 0.0999. The summed E-state index contributed by atoms with van der Waals surface area (Å²) in [6.07, 6.45) is 0. The number of nitrogens with one attached hydrogen (secondary N) is 1. The van der Waals surface area contributed by atoms with Crippen molar-refractivity contribution < 1.29 is 18.0 Å². The molecule has 138 valence electrons. The largest absolute Gasteiger partial charge is 0.366 e. The molecule has 8 heteroatoms. The SMILES string of the molecule is Cc1ccc2cc(S(=O)(=O)Nc3cc(C(N)=O)cc(C(N)=O)c3)ccc2c1. The maximum Gasteiger partial charge on any atom is 0.261 e. The van der Waals surface area contributed by atoms with E-state index in [1.807, 2.05) is 25.1 Å². The van der Waals surface area contributed by atoms with Crippen molar-refractivity contribution >= 4 is 38.3 Å². The molecule has 2 amide bonds. The fourth-order valence-electron chi connectivity index (χ4n) is 2.70. The van der Waals surface area contributed by atoms with Crippen molar-refractivity contribution in [3.8, 4) is 0 Å². The Balaban J connectivity index is 2.02. The van der Waals surface area contributed by atoms with E-state index in [0.29, 0.717) is 0 Å². The van der Waals surface area contributed by atoms with Gasteiger partial charge in [-0.25, -0.2) is 8.42 Å². The van der Waals surface area contributed by atoms with Crippen LogP contribution in [0.5, 0.6) is 0 Å². The molecule has 0 atom stereocenters. The molecule has 3 aromatic rings. The molecule has 0 heterocycles. The summed E-state index contributed by atoms with van der Waals surface area (Å²) in [5, 5.41) is 1.69. The molecule has 0 radical (unpaired) electrons. The summed E-state index contributed by atoms with van der Waals surface area (Å²) in [6.45, 7) is 1.95. The highest BCUT2D eigenvalue weighted by molar-refractivity contribution is 7.92. The topological polar surface area (TPSA) is 132 Å². The van der Waals surface area contributed by atoms with E-state index in [9.17, 15) is 18.0 Å². The Morgan fingerprint density at radius 2 is 1.37 bits per heavy atom. The normalized spacial score (nSPS) is 11.3. The average molecular weight is 383 g/mol. The number of anilines is 1. The highest BCUT2D eigenvalue weighted by Crippen LogP contribution is 2.23. The molecule has 0 aliphatic carbocycles. The first-order valence-corrected chi connectivity index (χ1v) is 9.42. The number of nitrogens with two attached hydrogens (primary N) is 2. The maximum atomic E-state index is 12.7. The van der Waals surface area contributed by atoms with Gasteiger partial charge in [-0.05, 0) is 48.0 Å². The number of fused-ring (bicyclic) bond motifs is 1. The van der Waals surface area contributed by atoms with Crippen molar-refractivity contribution in [2.75, 3.05) is 4.72 Å². The maximum absolute atomic E-state index is 12.7. The molecule has 0 fully saturated rings. The van der Waals surface area contributed by atoms with Gasteiger partial charge < -0.3 is 11.5 Å². The molecule has 0 saturated heterocycles. The van der Waals surface area contributed by atoms with E-state index < -0.39 is 21.8 Å². The summed E-state index contributed by atoms with van der Waals surface area (Å²) in [5.41, 5.74) is 11.5. The van der Waals surface area contributed by atoms with Crippen molar-refractivity contribution in [1.82, 2.24) is 0 Å². The fraction of sp³-hybridized carbons (Fsp3) is 0.0526. The highest BCUT2D eigenvalue weighted by Gasteiger charge is 2.17. The summed E-state index contributed by atoms with van der Waals surface area (Å²) in [5.74, 6) is -1.61. The van der Waals surface area contributed by atoms with E-state index in [4.69, 9.17) is 11.5 Å². The third kappa shape index (κ3) is 3.90. The first-order chi connectivity index (χ1) is 12.7. The Bertz CT molecular complexity index is 1150. The predicted molar refractivity (Wildman–Crippen MR) is 103 cm³/mol. The van der Waals surface area contributed by atoms with E-state index in [2.05, 4.69) is 4.72 Å². The molecular weight excluding hydrogens is 366 g/mol.